The minimum atomic E-state index is -0.136. The van der Waals surface area contributed by atoms with E-state index < -0.39 is 0 Å². The molecular weight excluding hydrogens is 338 g/mol. The number of carbonyl (C=O) groups excluding carboxylic acids is 1. The van der Waals surface area contributed by atoms with Crippen LogP contribution in [0.2, 0.25) is 0 Å². The van der Waals surface area contributed by atoms with E-state index in [2.05, 4.69) is 6.92 Å². The first kappa shape index (κ1) is 24.7. The molecule has 0 aromatic carbocycles. The van der Waals surface area contributed by atoms with Gasteiger partial charge in [0, 0.05) is 13.5 Å². The summed E-state index contributed by atoms with van der Waals surface area (Å²) in [6, 6.07) is 3.58. The van der Waals surface area contributed by atoms with Gasteiger partial charge in [-0.1, -0.05) is 64.7 Å². The SMILES string of the molecule is CCCCCCCCCCCCC(=O)OCCN(C)C=CC=C(C#N)C#N. The standard InChI is InChI=1S/C22H35N3O2/c1-3-4-5-6-7-8-9-10-11-12-15-22(26)27-18-17-25(2)16-13-14-21(19-23)20-24/h13-14,16H,3-12,15,17-18H2,1-2H3. The van der Waals surface area contributed by atoms with Crippen LogP contribution in [0.15, 0.2) is 23.9 Å². The Labute approximate surface area is 165 Å². The molecule has 5 nitrogen and oxygen atoms in total. The van der Waals surface area contributed by atoms with Crippen molar-refractivity contribution in [2.45, 2.75) is 77.6 Å². The molecule has 150 valence electrons. The minimum absolute atomic E-state index is 0.0579. The van der Waals surface area contributed by atoms with Crippen LogP contribution in [-0.2, 0) is 9.53 Å². The van der Waals surface area contributed by atoms with E-state index in [0.29, 0.717) is 19.6 Å². The lowest BCUT2D eigenvalue weighted by atomic mass is 10.1. The molecule has 0 unspecified atom stereocenters. The molecule has 27 heavy (non-hydrogen) atoms. The maximum absolute atomic E-state index is 11.7. The van der Waals surface area contributed by atoms with Crippen molar-refractivity contribution < 1.29 is 9.53 Å². The Morgan fingerprint density at radius 1 is 0.963 bits per heavy atom. The molecule has 0 aliphatic heterocycles. The quantitative estimate of drug-likeness (QED) is 0.160. The molecule has 0 saturated carbocycles. The van der Waals surface area contributed by atoms with Crippen molar-refractivity contribution in [1.82, 2.24) is 4.90 Å². The molecule has 0 aromatic heterocycles. The molecule has 0 atom stereocenters. The number of hydrogen-bond acceptors (Lipinski definition) is 5. The van der Waals surface area contributed by atoms with Gasteiger partial charge in [0.25, 0.3) is 0 Å². The summed E-state index contributed by atoms with van der Waals surface area (Å²) in [7, 11) is 1.85. The summed E-state index contributed by atoms with van der Waals surface area (Å²) >= 11 is 0. The van der Waals surface area contributed by atoms with E-state index in [4.69, 9.17) is 15.3 Å². The van der Waals surface area contributed by atoms with E-state index >= 15 is 0 Å². The molecule has 0 heterocycles. The molecule has 0 N–H and O–H groups in total. The summed E-state index contributed by atoms with van der Waals surface area (Å²) in [5.41, 5.74) is 0.0579. The first-order valence-electron chi connectivity index (χ1n) is 10.2. The van der Waals surface area contributed by atoms with Crippen molar-refractivity contribution in [3.05, 3.63) is 23.9 Å². The Hall–Kier alpha value is -2.27. The van der Waals surface area contributed by atoms with Crippen LogP contribution in [0.3, 0.4) is 0 Å². The van der Waals surface area contributed by atoms with Crippen LogP contribution in [0.1, 0.15) is 77.6 Å². The number of rotatable bonds is 16. The molecule has 0 bridgehead atoms. The van der Waals surface area contributed by atoms with Crippen LogP contribution in [0.4, 0.5) is 0 Å². The van der Waals surface area contributed by atoms with Gasteiger partial charge in [-0.3, -0.25) is 4.79 Å². The number of hydrogen-bond donors (Lipinski definition) is 0. The number of unbranched alkanes of at least 4 members (excludes halogenated alkanes) is 9. The summed E-state index contributed by atoms with van der Waals surface area (Å²) in [4.78, 5) is 13.5. The normalized spacial score (nSPS) is 10.2. The summed E-state index contributed by atoms with van der Waals surface area (Å²) in [5.74, 6) is -0.136. The van der Waals surface area contributed by atoms with Crippen LogP contribution in [-0.4, -0.2) is 31.1 Å². The third kappa shape index (κ3) is 16.9. The Balaban J connectivity index is 3.56. The average molecular weight is 374 g/mol. The first-order valence-corrected chi connectivity index (χ1v) is 10.2. The van der Waals surface area contributed by atoms with Gasteiger partial charge in [0.15, 0.2) is 0 Å². The van der Waals surface area contributed by atoms with Gasteiger partial charge in [-0.2, -0.15) is 10.5 Å². The highest BCUT2D eigenvalue weighted by molar-refractivity contribution is 5.69. The average Bonchev–Trinajstić information content (AvgIpc) is 2.66. The molecule has 0 aliphatic carbocycles. The first-order chi connectivity index (χ1) is 13.1. The predicted octanol–water partition coefficient (Wildman–Crippen LogP) is 5.26. The van der Waals surface area contributed by atoms with Gasteiger partial charge < -0.3 is 9.64 Å². The number of nitrogens with zero attached hydrogens (tertiary/aromatic N) is 3. The van der Waals surface area contributed by atoms with E-state index in [-0.39, 0.29) is 11.5 Å². The van der Waals surface area contributed by atoms with E-state index in [0.717, 1.165) is 12.8 Å². The second kappa shape index (κ2) is 18.5. The van der Waals surface area contributed by atoms with Gasteiger partial charge in [-0.25, -0.2) is 0 Å². The number of nitriles is 2. The lowest BCUT2D eigenvalue weighted by Crippen LogP contribution is -2.19. The van der Waals surface area contributed by atoms with Crippen molar-refractivity contribution in [2.24, 2.45) is 0 Å². The maximum Gasteiger partial charge on any atom is 0.305 e. The maximum atomic E-state index is 11.7. The third-order valence-electron chi connectivity index (χ3n) is 4.29. The zero-order valence-corrected chi connectivity index (χ0v) is 17.1. The molecule has 0 radical (unpaired) electrons. The van der Waals surface area contributed by atoms with Crippen molar-refractivity contribution in [1.29, 1.82) is 10.5 Å². The summed E-state index contributed by atoms with van der Waals surface area (Å²) < 4.78 is 5.23. The second-order valence-electron chi connectivity index (χ2n) is 6.78. The van der Waals surface area contributed by atoms with Crippen molar-refractivity contribution in [3.63, 3.8) is 0 Å². The molecule has 0 fully saturated rings. The molecule has 0 rings (SSSR count). The minimum Gasteiger partial charge on any atom is -0.464 e. The van der Waals surface area contributed by atoms with E-state index in [1.54, 1.807) is 24.4 Å². The zero-order valence-electron chi connectivity index (χ0n) is 17.1. The molecule has 0 saturated heterocycles. The van der Waals surface area contributed by atoms with Crippen LogP contribution < -0.4 is 0 Å². The third-order valence-corrected chi connectivity index (χ3v) is 4.29. The number of ether oxygens (including phenoxy) is 1. The van der Waals surface area contributed by atoms with Crippen molar-refractivity contribution in [2.75, 3.05) is 20.2 Å². The van der Waals surface area contributed by atoms with Gasteiger partial charge in [0.1, 0.15) is 24.3 Å². The van der Waals surface area contributed by atoms with Crippen LogP contribution in [0.5, 0.6) is 0 Å². The Morgan fingerprint density at radius 3 is 2.07 bits per heavy atom. The van der Waals surface area contributed by atoms with Gasteiger partial charge in [0.2, 0.25) is 0 Å². The Kier molecular flexibility index (Phi) is 17.0. The second-order valence-corrected chi connectivity index (χ2v) is 6.78. The lowest BCUT2D eigenvalue weighted by molar-refractivity contribution is -0.144. The van der Waals surface area contributed by atoms with Crippen molar-refractivity contribution >= 4 is 5.97 Å². The van der Waals surface area contributed by atoms with E-state index in [1.807, 2.05) is 11.9 Å². The number of esters is 1. The van der Waals surface area contributed by atoms with Crippen LogP contribution in [0.25, 0.3) is 0 Å². The zero-order chi connectivity index (χ0) is 20.2. The summed E-state index contributed by atoms with van der Waals surface area (Å²) in [5, 5.41) is 17.2. The molecule has 0 spiro atoms. The van der Waals surface area contributed by atoms with Crippen LogP contribution in [0, 0.1) is 22.7 Å². The Morgan fingerprint density at radius 2 is 1.52 bits per heavy atom. The molecular formula is C22H35N3O2. The largest absolute Gasteiger partial charge is 0.464 e. The molecule has 0 aliphatic rings. The number of likely N-dealkylation sites (N-methyl/N-ethyl adjacent to an activating group) is 1. The predicted molar refractivity (Wildman–Crippen MR) is 108 cm³/mol. The monoisotopic (exact) mass is 373 g/mol. The highest BCUT2D eigenvalue weighted by Crippen LogP contribution is 2.11. The highest BCUT2D eigenvalue weighted by Gasteiger charge is 2.03. The molecule has 5 heteroatoms. The smallest absolute Gasteiger partial charge is 0.305 e. The fraction of sp³-hybridized carbons (Fsp3) is 0.682. The van der Waals surface area contributed by atoms with Gasteiger partial charge >= 0.3 is 5.97 Å². The number of allylic oxidation sites excluding steroid dienone is 3. The topological polar surface area (TPSA) is 77.1 Å². The highest BCUT2D eigenvalue weighted by atomic mass is 16.5. The van der Waals surface area contributed by atoms with Gasteiger partial charge in [-0.15, -0.1) is 0 Å². The van der Waals surface area contributed by atoms with Crippen molar-refractivity contribution in [3.8, 4) is 12.1 Å². The van der Waals surface area contributed by atoms with E-state index in [1.165, 1.54) is 57.4 Å². The van der Waals surface area contributed by atoms with Crippen LogP contribution >= 0.6 is 0 Å². The summed E-state index contributed by atoms with van der Waals surface area (Å²) in [6.45, 7) is 3.15. The van der Waals surface area contributed by atoms with E-state index in [9.17, 15) is 4.79 Å². The molecule has 0 amide bonds. The summed E-state index contributed by atoms with van der Waals surface area (Å²) in [6.07, 6.45) is 17.8. The fourth-order valence-corrected chi connectivity index (χ4v) is 2.59. The molecule has 0 aromatic rings. The van der Waals surface area contributed by atoms with Gasteiger partial charge in [0.05, 0.1) is 6.54 Å². The number of carbonyl (C=O) groups is 1. The van der Waals surface area contributed by atoms with Gasteiger partial charge in [-0.05, 0) is 24.8 Å². The lowest BCUT2D eigenvalue weighted by Gasteiger charge is -2.13. The Bertz CT molecular complexity index is 511. The fourth-order valence-electron chi connectivity index (χ4n) is 2.59.